The number of anilines is 1. The first-order valence-electron chi connectivity index (χ1n) is 4.55. The quantitative estimate of drug-likeness (QED) is 0.398. The van der Waals surface area contributed by atoms with Gasteiger partial charge in [-0.2, -0.15) is 8.42 Å². The third-order valence-corrected chi connectivity index (χ3v) is 4.69. The molecule has 1 aromatic heterocycles. The Morgan fingerprint density at radius 3 is 2.62 bits per heavy atom. The smallest absolute Gasteiger partial charge is 0.297 e. The number of thiophene rings is 1. The average molecular weight is 262 g/mol. The van der Waals surface area contributed by atoms with Gasteiger partial charge in [0.25, 0.3) is 10.1 Å². The Hall–Kier alpha value is -1.12. The van der Waals surface area contributed by atoms with Crippen LogP contribution in [0.3, 0.4) is 0 Å². The Balaban J connectivity index is 2.72. The van der Waals surface area contributed by atoms with Crippen molar-refractivity contribution in [1.82, 2.24) is 0 Å². The maximum atomic E-state index is 11.2. The third-order valence-electron chi connectivity index (χ3n) is 2.47. The summed E-state index contributed by atoms with van der Waals surface area (Å²) >= 11 is 1.02. The van der Waals surface area contributed by atoms with Gasteiger partial charge in [-0.3, -0.25) is 4.55 Å². The highest BCUT2D eigenvalue weighted by Gasteiger charge is 2.29. The molecule has 0 radical (unpaired) electrons. The second kappa shape index (κ2) is 3.72. The van der Waals surface area contributed by atoms with E-state index in [1.165, 1.54) is 0 Å². The van der Waals surface area contributed by atoms with Crippen LogP contribution >= 0.6 is 11.3 Å². The van der Waals surface area contributed by atoms with Gasteiger partial charge in [-0.05, 0) is 24.8 Å². The number of oxime groups is 1. The summed E-state index contributed by atoms with van der Waals surface area (Å²) in [7, 11) is -4.31. The fraction of sp³-hybridized carbons (Fsp3) is 0.375. The summed E-state index contributed by atoms with van der Waals surface area (Å²) in [4.78, 5) is 0.326. The van der Waals surface area contributed by atoms with E-state index in [4.69, 9.17) is 15.5 Å². The highest BCUT2D eigenvalue weighted by atomic mass is 32.2. The molecule has 0 fully saturated rings. The number of fused-ring (bicyclic) bond motifs is 1. The molecule has 0 saturated heterocycles. The fourth-order valence-electron chi connectivity index (χ4n) is 1.85. The summed E-state index contributed by atoms with van der Waals surface area (Å²) in [6.45, 7) is 0. The Kier molecular flexibility index (Phi) is 2.64. The van der Waals surface area contributed by atoms with E-state index >= 15 is 0 Å². The Morgan fingerprint density at radius 2 is 2.06 bits per heavy atom. The van der Waals surface area contributed by atoms with Crippen LogP contribution in [-0.4, -0.2) is 23.9 Å². The fourth-order valence-corrected chi connectivity index (χ4v) is 4.15. The van der Waals surface area contributed by atoms with E-state index in [-0.39, 0.29) is 9.90 Å². The van der Waals surface area contributed by atoms with Crippen LogP contribution in [0, 0.1) is 0 Å². The molecule has 0 aromatic carbocycles. The molecule has 0 atom stereocenters. The Morgan fingerprint density at radius 1 is 1.38 bits per heavy atom. The zero-order valence-corrected chi connectivity index (χ0v) is 9.81. The minimum Gasteiger partial charge on any atom is -0.411 e. The van der Waals surface area contributed by atoms with Crippen LogP contribution in [-0.2, 0) is 16.5 Å². The molecule has 0 unspecified atom stereocenters. The molecule has 8 heteroatoms. The van der Waals surface area contributed by atoms with Gasteiger partial charge in [-0.15, -0.1) is 11.3 Å². The van der Waals surface area contributed by atoms with E-state index in [1.54, 1.807) is 0 Å². The molecular formula is C8H10N2O4S2. The monoisotopic (exact) mass is 262 g/mol. The number of hydrogen-bond acceptors (Lipinski definition) is 6. The van der Waals surface area contributed by atoms with E-state index in [9.17, 15) is 8.42 Å². The molecule has 0 amide bonds. The van der Waals surface area contributed by atoms with Crippen molar-refractivity contribution in [1.29, 1.82) is 0 Å². The van der Waals surface area contributed by atoms with Crippen molar-refractivity contribution in [2.45, 2.75) is 24.2 Å². The molecular weight excluding hydrogens is 252 g/mol. The van der Waals surface area contributed by atoms with Gasteiger partial charge in [0, 0.05) is 0 Å². The van der Waals surface area contributed by atoms with Crippen molar-refractivity contribution in [3.05, 3.63) is 10.4 Å². The third kappa shape index (κ3) is 1.68. The number of nitrogens with zero attached hydrogens (tertiary/aromatic N) is 1. The summed E-state index contributed by atoms with van der Waals surface area (Å²) in [5.41, 5.74) is 6.45. The summed E-state index contributed by atoms with van der Waals surface area (Å²) in [5.74, 6) is 0. The maximum Gasteiger partial charge on any atom is 0.297 e. The minimum atomic E-state index is -4.31. The van der Waals surface area contributed by atoms with Crippen LogP contribution < -0.4 is 5.73 Å². The van der Waals surface area contributed by atoms with E-state index in [2.05, 4.69) is 5.16 Å². The first-order valence-corrected chi connectivity index (χ1v) is 6.80. The van der Waals surface area contributed by atoms with Crippen molar-refractivity contribution in [2.24, 2.45) is 5.16 Å². The number of rotatable bonds is 1. The lowest BCUT2D eigenvalue weighted by Gasteiger charge is -2.12. The lowest BCUT2D eigenvalue weighted by molar-refractivity contribution is 0.317. The SMILES string of the molecule is Nc1sc2c(c1S(=O)(=O)O)CCC/C2=N\O. The molecule has 0 saturated carbocycles. The van der Waals surface area contributed by atoms with Crippen molar-refractivity contribution in [3.63, 3.8) is 0 Å². The van der Waals surface area contributed by atoms with Gasteiger partial charge in [0.05, 0.1) is 10.6 Å². The van der Waals surface area contributed by atoms with E-state index in [0.717, 1.165) is 11.3 Å². The van der Waals surface area contributed by atoms with E-state index in [0.29, 0.717) is 35.4 Å². The molecule has 1 heterocycles. The molecule has 4 N–H and O–H groups in total. The molecule has 0 spiro atoms. The van der Waals surface area contributed by atoms with Crippen LogP contribution in [0.15, 0.2) is 10.1 Å². The molecule has 1 aliphatic carbocycles. The van der Waals surface area contributed by atoms with Crippen LogP contribution in [0.5, 0.6) is 0 Å². The second-order valence-corrected chi connectivity index (χ2v) is 5.89. The number of nitrogens with two attached hydrogens (primary N) is 1. The summed E-state index contributed by atoms with van der Waals surface area (Å²) < 4.78 is 31.4. The molecule has 0 bridgehead atoms. The topological polar surface area (TPSA) is 113 Å². The highest BCUT2D eigenvalue weighted by molar-refractivity contribution is 7.86. The molecule has 6 nitrogen and oxygen atoms in total. The predicted octanol–water partition coefficient (Wildman–Crippen LogP) is 1.09. The van der Waals surface area contributed by atoms with Gasteiger partial charge in [0.15, 0.2) is 0 Å². The van der Waals surface area contributed by atoms with Crippen LogP contribution in [0.1, 0.15) is 23.3 Å². The lowest BCUT2D eigenvalue weighted by Crippen LogP contribution is -2.12. The lowest BCUT2D eigenvalue weighted by atomic mass is 9.97. The van der Waals surface area contributed by atoms with Crippen LogP contribution in [0.2, 0.25) is 0 Å². The average Bonchev–Trinajstić information content (AvgIpc) is 2.52. The second-order valence-electron chi connectivity index (χ2n) is 3.48. The Bertz CT molecular complexity index is 559. The van der Waals surface area contributed by atoms with Gasteiger partial charge >= 0.3 is 0 Å². The normalized spacial score (nSPS) is 18.7. The molecule has 0 aliphatic heterocycles. The first-order chi connectivity index (χ1) is 7.45. The molecule has 1 aliphatic rings. The van der Waals surface area contributed by atoms with Crippen molar-refractivity contribution >= 4 is 32.2 Å². The van der Waals surface area contributed by atoms with Gasteiger partial charge in [-0.25, -0.2) is 0 Å². The van der Waals surface area contributed by atoms with Crippen molar-refractivity contribution in [3.8, 4) is 0 Å². The highest BCUT2D eigenvalue weighted by Crippen LogP contribution is 2.39. The van der Waals surface area contributed by atoms with Crippen molar-refractivity contribution < 1.29 is 18.2 Å². The standard InChI is InChI=1S/C8H10N2O4S2/c9-8-7(16(12,13)14)4-2-1-3-5(10-11)6(4)15-8/h11H,1-3,9H2,(H,12,13,14)/b10-5+. The minimum absolute atomic E-state index is 0.0375. The molecule has 88 valence electrons. The Labute approximate surface area is 96.1 Å². The zero-order chi connectivity index (χ0) is 11.9. The van der Waals surface area contributed by atoms with Gasteiger partial charge in [-0.1, -0.05) is 5.16 Å². The summed E-state index contributed by atoms with van der Waals surface area (Å²) in [6, 6.07) is 0. The predicted molar refractivity (Wildman–Crippen MR) is 59.8 cm³/mol. The van der Waals surface area contributed by atoms with Crippen molar-refractivity contribution in [2.75, 3.05) is 5.73 Å². The molecule has 16 heavy (non-hydrogen) atoms. The number of nitrogen functional groups attached to an aromatic ring is 1. The summed E-state index contributed by atoms with van der Waals surface area (Å²) in [6.07, 6.45) is 1.76. The van der Waals surface area contributed by atoms with E-state index < -0.39 is 10.1 Å². The van der Waals surface area contributed by atoms with Crippen LogP contribution in [0.25, 0.3) is 0 Å². The zero-order valence-electron chi connectivity index (χ0n) is 8.17. The van der Waals surface area contributed by atoms with Crippen LogP contribution in [0.4, 0.5) is 5.00 Å². The first kappa shape index (κ1) is 11.4. The van der Waals surface area contributed by atoms with Gasteiger partial charge < -0.3 is 10.9 Å². The largest absolute Gasteiger partial charge is 0.411 e. The van der Waals surface area contributed by atoms with Gasteiger partial charge in [0.2, 0.25) is 0 Å². The maximum absolute atomic E-state index is 11.2. The summed E-state index contributed by atoms with van der Waals surface area (Å²) in [5, 5.41) is 11.9. The van der Waals surface area contributed by atoms with E-state index in [1.807, 2.05) is 0 Å². The molecule has 1 aromatic rings. The molecule has 2 rings (SSSR count). The van der Waals surface area contributed by atoms with Gasteiger partial charge in [0.1, 0.15) is 9.90 Å². The number of hydrogen-bond donors (Lipinski definition) is 3.